The highest BCUT2D eigenvalue weighted by atomic mass is 35.5. The fourth-order valence-corrected chi connectivity index (χ4v) is 5.08. The fraction of sp³-hybridized carbons (Fsp3) is 0.381. The van der Waals surface area contributed by atoms with Gasteiger partial charge in [0.05, 0.1) is 11.9 Å². The summed E-state index contributed by atoms with van der Waals surface area (Å²) in [4.78, 5) is 17.2. The summed E-state index contributed by atoms with van der Waals surface area (Å²) in [6.07, 6.45) is 1.54. The Bertz CT molecular complexity index is 945. The maximum absolute atomic E-state index is 13.3. The van der Waals surface area contributed by atoms with E-state index < -0.39 is 16.1 Å². The number of halogens is 1. The van der Waals surface area contributed by atoms with Crippen LogP contribution >= 0.6 is 11.6 Å². The number of para-hydroxylation sites is 1. The van der Waals surface area contributed by atoms with Crippen LogP contribution in [0.2, 0.25) is 5.02 Å². The molecule has 1 saturated heterocycles. The Morgan fingerprint density at radius 2 is 1.72 bits per heavy atom. The first-order chi connectivity index (χ1) is 13.8. The first kappa shape index (κ1) is 21.5. The van der Waals surface area contributed by atoms with Gasteiger partial charge >= 0.3 is 0 Å². The molecule has 0 saturated carbocycles. The maximum Gasteiger partial charge on any atom is 0.246 e. The van der Waals surface area contributed by atoms with Crippen molar-refractivity contribution >= 4 is 38.9 Å². The highest BCUT2D eigenvalue weighted by Gasteiger charge is 2.35. The van der Waals surface area contributed by atoms with Crippen molar-refractivity contribution in [3.05, 3.63) is 59.6 Å². The number of sulfonamides is 1. The zero-order chi connectivity index (χ0) is 21.0. The molecule has 2 aromatic rings. The van der Waals surface area contributed by atoms with Crippen molar-refractivity contribution in [2.45, 2.75) is 19.4 Å². The maximum atomic E-state index is 13.3. The standard InChI is InChI=1S/C21H26ClN3O3S/c1-3-20(25(29(2,27)28)18-9-5-4-6-10-18)21(26)24-14-12-23(13-15-24)19-11-7-8-17(22)16-19/h4-11,16,20H,3,12-15H2,1-2H3/t20-/m0/s1. The molecule has 1 aliphatic heterocycles. The molecule has 0 bridgehead atoms. The van der Waals surface area contributed by atoms with Gasteiger partial charge in [-0.1, -0.05) is 42.8 Å². The van der Waals surface area contributed by atoms with Crippen molar-refractivity contribution in [2.24, 2.45) is 0 Å². The number of rotatable bonds is 6. The van der Waals surface area contributed by atoms with E-state index >= 15 is 0 Å². The lowest BCUT2D eigenvalue weighted by Gasteiger charge is -2.39. The second kappa shape index (κ2) is 9.05. The quantitative estimate of drug-likeness (QED) is 0.698. The highest BCUT2D eigenvalue weighted by molar-refractivity contribution is 7.92. The van der Waals surface area contributed by atoms with E-state index in [-0.39, 0.29) is 5.91 Å². The average Bonchev–Trinajstić information content (AvgIpc) is 2.71. The van der Waals surface area contributed by atoms with Gasteiger partial charge in [0.2, 0.25) is 15.9 Å². The minimum atomic E-state index is -3.61. The van der Waals surface area contributed by atoms with Crippen LogP contribution in [0.5, 0.6) is 0 Å². The Kier molecular flexibility index (Phi) is 6.70. The second-order valence-corrected chi connectivity index (χ2v) is 9.41. The molecule has 6 nitrogen and oxygen atoms in total. The minimum absolute atomic E-state index is 0.160. The SMILES string of the molecule is CC[C@@H](C(=O)N1CCN(c2cccc(Cl)c2)CC1)N(c1ccccc1)S(C)(=O)=O. The predicted octanol–water partition coefficient (Wildman–Crippen LogP) is 3.23. The molecule has 3 rings (SSSR count). The van der Waals surface area contributed by atoms with Crippen LogP contribution in [-0.4, -0.2) is 57.7 Å². The third kappa shape index (κ3) is 5.03. The molecule has 0 N–H and O–H groups in total. The van der Waals surface area contributed by atoms with Gasteiger partial charge in [-0.05, 0) is 36.8 Å². The molecule has 29 heavy (non-hydrogen) atoms. The van der Waals surface area contributed by atoms with E-state index in [1.165, 1.54) is 4.31 Å². The molecular weight excluding hydrogens is 410 g/mol. The molecule has 1 fully saturated rings. The van der Waals surface area contributed by atoms with Gasteiger partial charge in [-0.2, -0.15) is 0 Å². The number of hydrogen-bond donors (Lipinski definition) is 0. The van der Waals surface area contributed by atoms with Crippen molar-refractivity contribution in [3.63, 3.8) is 0 Å². The van der Waals surface area contributed by atoms with E-state index in [0.717, 1.165) is 11.9 Å². The number of anilines is 2. The van der Waals surface area contributed by atoms with Crippen LogP contribution in [0.15, 0.2) is 54.6 Å². The van der Waals surface area contributed by atoms with Crippen LogP contribution in [-0.2, 0) is 14.8 Å². The second-order valence-electron chi connectivity index (χ2n) is 7.11. The summed E-state index contributed by atoms with van der Waals surface area (Å²) in [5.74, 6) is -0.160. The van der Waals surface area contributed by atoms with Gasteiger partial charge in [-0.25, -0.2) is 8.42 Å². The van der Waals surface area contributed by atoms with Crippen LogP contribution in [0.4, 0.5) is 11.4 Å². The van der Waals surface area contributed by atoms with Gasteiger partial charge < -0.3 is 9.80 Å². The first-order valence-electron chi connectivity index (χ1n) is 9.65. The third-order valence-electron chi connectivity index (χ3n) is 5.09. The largest absolute Gasteiger partial charge is 0.368 e. The molecule has 1 atom stereocenters. The van der Waals surface area contributed by atoms with Gasteiger partial charge in [0.15, 0.2) is 0 Å². The number of hydrogen-bond acceptors (Lipinski definition) is 4. The van der Waals surface area contributed by atoms with Gasteiger partial charge in [0, 0.05) is 36.9 Å². The van der Waals surface area contributed by atoms with E-state index in [0.29, 0.717) is 43.3 Å². The van der Waals surface area contributed by atoms with Gasteiger partial charge in [-0.3, -0.25) is 9.10 Å². The van der Waals surface area contributed by atoms with Crippen LogP contribution in [0.3, 0.4) is 0 Å². The van der Waals surface area contributed by atoms with Crippen molar-refractivity contribution in [1.29, 1.82) is 0 Å². The lowest BCUT2D eigenvalue weighted by Crippen LogP contribution is -2.56. The van der Waals surface area contributed by atoms with Crippen molar-refractivity contribution < 1.29 is 13.2 Å². The molecule has 0 aliphatic carbocycles. The number of nitrogens with zero attached hydrogens (tertiary/aromatic N) is 3. The Labute approximate surface area is 177 Å². The zero-order valence-corrected chi connectivity index (χ0v) is 18.2. The topological polar surface area (TPSA) is 60.9 Å². The number of carbonyl (C=O) groups excluding carboxylic acids is 1. The van der Waals surface area contributed by atoms with Gasteiger partial charge in [-0.15, -0.1) is 0 Å². The Morgan fingerprint density at radius 3 is 2.28 bits per heavy atom. The smallest absolute Gasteiger partial charge is 0.246 e. The third-order valence-corrected chi connectivity index (χ3v) is 6.50. The molecule has 0 radical (unpaired) electrons. The normalized spacial score (nSPS) is 15.8. The molecule has 2 aromatic carbocycles. The summed E-state index contributed by atoms with van der Waals surface area (Å²) in [5.41, 5.74) is 1.53. The summed E-state index contributed by atoms with van der Waals surface area (Å²) in [6, 6.07) is 15.7. The van der Waals surface area contributed by atoms with E-state index in [1.807, 2.05) is 37.3 Å². The van der Waals surface area contributed by atoms with Crippen LogP contribution in [0.1, 0.15) is 13.3 Å². The molecule has 0 spiro atoms. The molecule has 0 unspecified atom stereocenters. The van der Waals surface area contributed by atoms with Crippen molar-refractivity contribution in [3.8, 4) is 0 Å². The predicted molar refractivity (Wildman–Crippen MR) is 118 cm³/mol. The lowest BCUT2D eigenvalue weighted by molar-refractivity contribution is -0.132. The Hall–Kier alpha value is -2.25. The van der Waals surface area contributed by atoms with Crippen LogP contribution in [0, 0.1) is 0 Å². The van der Waals surface area contributed by atoms with Crippen LogP contribution < -0.4 is 9.21 Å². The fourth-order valence-electron chi connectivity index (χ4n) is 3.69. The minimum Gasteiger partial charge on any atom is -0.368 e. The Balaban J connectivity index is 1.76. The molecule has 1 aliphatic rings. The average molecular weight is 436 g/mol. The summed E-state index contributed by atoms with van der Waals surface area (Å²) in [6.45, 7) is 4.26. The number of amides is 1. The Morgan fingerprint density at radius 1 is 1.07 bits per heavy atom. The van der Waals surface area contributed by atoms with E-state index in [1.54, 1.807) is 29.2 Å². The molecule has 1 amide bonds. The molecular formula is C21H26ClN3O3S. The van der Waals surface area contributed by atoms with Gasteiger partial charge in [0.25, 0.3) is 0 Å². The number of carbonyl (C=O) groups is 1. The number of benzene rings is 2. The van der Waals surface area contributed by atoms with E-state index in [4.69, 9.17) is 11.6 Å². The van der Waals surface area contributed by atoms with Crippen molar-refractivity contribution in [1.82, 2.24) is 4.90 Å². The summed E-state index contributed by atoms with van der Waals surface area (Å²) in [5, 5.41) is 0.679. The molecule has 0 aromatic heterocycles. The van der Waals surface area contributed by atoms with Crippen LogP contribution in [0.25, 0.3) is 0 Å². The molecule has 156 valence electrons. The summed E-state index contributed by atoms with van der Waals surface area (Å²) < 4.78 is 26.3. The molecule has 1 heterocycles. The highest BCUT2D eigenvalue weighted by Crippen LogP contribution is 2.25. The monoisotopic (exact) mass is 435 g/mol. The summed E-state index contributed by atoms with van der Waals surface area (Å²) >= 11 is 6.09. The van der Waals surface area contributed by atoms with Crippen molar-refractivity contribution in [2.75, 3.05) is 41.6 Å². The van der Waals surface area contributed by atoms with E-state index in [9.17, 15) is 13.2 Å². The zero-order valence-electron chi connectivity index (χ0n) is 16.7. The number of piperazine rings is 1. The lowest BCUT2D eigenvalue weighted by atomic mass is 10.1. The van der Waals surface area contributed by atoms with E-state index in [2.05, 4.69) is 4.90 Å². The molecule has 8 heteroatoms. The first-order valence-corrected chi connectivity index (χ1v) is 11.9. The van der Waals surface area contributed by atoms with Gasteiger partial charge in [0.1, 0.15) is 6.04 Å². The summed E-state index contributed by atoms with van der Waals surface area (Å²) in [7, 11) is -3.61.